The highest BCUT2D eigenvalue weighted by atomic mass is 16.3. The van der Waals surface area contributed by atoms with E-state index in [-0.39, 0.29) is 0 Å². The lowest BCUT2D eigenvalue weighted by molar-refractivity contribution is 0.526. The van der Waals surface area contributed by atoms with Gasteiger partial charge >= 0.3 is 0 Å². The Kier molecular flexibility index (Phi) is 18.8. The minimum atomic E-state index is 0.738. The Morgan fingerprint density at radius 2 is 0.905 bits per heavy atom. The number of nitrogens with zero attached hydrogens (tertiary/aromatic N) is 1. The lowest BCUT2D eigenvalue weighted by Crippen LogP contribution is -2.05. The first-order valence-electron chi connectivity index (χ1n) is 9.47. The summed E-state index contributed by atoms with van der Waals surface area (Å²) in [5.74, 6) is 0. The molecule has 0 amide bonds. The van der Waals surface area contributed by atoms with Crippen LogP contribution in [-0.4, -0.2) is 6.54 Å². The molecule has 0 heterocycles. The average Bonchev–Trinajstić information content (AvgIpc) is 2.50. The van der Waals surface area contributed by atoms with Gasteiger partial charge in [-0.1, -0.05) is 103 Å². The monoisotopic (exact) mass is 298 g/mol. The van der Waals surface area contributed by atoms with Crippen LogP contribution in [0.4, 0.5) is 0 Å². The maximum absolute atomic E-state index is 9.80. The lowest BCUT2D eigenvalue weighted by Gasteiger charge is -2.03. The first kappa shape index (κ1) is 20.4. The number of hydrogen-bond acceptors (Lipinski definition) is 2. The van der Waals surface area contributed by atoms with Crippen molar-refractivity contribution in [1.29, 1.82) is 0 Å². The van der Waals surface area contributed by atoms with Gasteiger partial charge in [0, 0.05) is 11.8 Å². The number of unbranched alkanes of at least 4 members (excludes halogenated alkanes) is 15. The molecule has 0 rings (SSSR count). The van der Waals surface area contributed by atoms with Crippen molar-refractivity contribution >= 4 is 0 Å². The normalized spacial score (nSPS) is 10.7. The Morgan fingerprint density at radius 1 is 0.571 bits per heavy atom. The summed E-state index contributed by atoms with van der Waals surface area (Å²) in [5, 5.41) is 2.64. The maximum Gasteiger partial charge on any atom is 0.0496 e. The molecule has 0 saturated heterocycles. The second kappa shape index (κ2) is 19.4. The highest BCUT2D eigenvalue weighted by molar-refractivity contribution is 4.50. The van der Waals surface area contributed by atoms with Crippen molar-refractivity contribution in [2.75, 3.05) is 6.54 Å². The average molecular weight is 299 g/mol. The summed E-state index contributed by atoms with van der Waals surface area (Å²) in [4.78, 5) is 9.80. The Bertz CT molecular complexity index is 198. The zero-order valence-corrected chi connectivity index (χ0v) is 14.4. The second-order valence-corrected chi connectivity index (χ2v) is 6.30. The van der Waals surface area contributed by atoms with Gasteiger partial charge in [0.15, 0.2) is 0 Å². The van der Waals surface area contributed by atoms with Crippen molar-refractivity contribution in [3.8, 4) is 0 Å². The molecule has 3 nitrogen and oxygen atoms in total. The van der Waals surface area contributed by atoms with Crippen molar-refractivity contribution in [1.82, 2.24) is 5.43 Å². The van der Waals surface area contributed by atoms with Gasteiger partial charge in [-0.15, -0.1) is 4.91 Å². The molecule has 0 aliphatic carbocycles. The van der Waals surface area contributed by atoms with Crippen LogP contribution in [0.15, 0.2) is 5.29 Å². The van der Waals surface area contributed by atoms with E-state index in [4.69, 9.17) is 0 Å². The predicted molar refractivity (Wildman–Crippen MR) is 93.3 cm³/mol. The van der Waals surface area contributed by atoms with Crippen molar-refractivity contribution in [2.24, 2.45) is 5.29 Å². The minimum Gasteiger partial charge on any atom is -0.274 e. The van der Waals surface area contributed by atoms with Crippen LogP contribution in [0.5, 0.6) is 0 Å². The summed E-state index contributed by atoms with van der Waals surface area (Å²) in [5.41, 5.74) is 2.47. The second-order valence-electron chi connectivity index (χ2n) is 6.30. The fourth-order valence-electron chi connectivity index (χ4n) is 2.80. The third-order valence-electron chi connectivity index (χ3n) is 4.21. The third-order valence-corrected chi connectivity index (χ3v) is 4.21. The molecular weight excluding hydrogens is 260 g/mol. The molecule has 0 bridgehead atoms. The van der Waals surface area contributed by atoms with E-state index in [0.29, 0.717) is 0 Å². The van der Waals surface area contributed by atoms with E-state index in [1.54, 1.807) is 0 Å². The first-order valence-corrected chi connectivity index (χ1v) is 9.47. The summed E-state index contributed by atoms with van der Waals surface area (Å²) in [6.45, 7) is 3.02. The summed E-state index contributed by atoms with van der Waals surface area (Å²) in [6, 6.07) is 0. The Labute approximate surface area is 132 Å². The van der Waals surface area contributed by atoms with Gasteiger partial charge in [0.1, 0.15) is 0 Å². The molecule has 0 atom stereocenters. The van der Waals surface area contributed by atoms with Crippen molar-refractivity contribution in [3.63, 3.8) is 0 Å². The smallest absolute Gasteiger partial charge is 0.0496 e. The number of nitrogens with one attached hydrogen (secondary N) is 1. The molecule has 0 radical (unpaired) electrons. The summed E-state index contributed by atoms with van der Waals surface area (Å²) >= 11 is 0. The molecule has 0 fully saturated rings. The van der Waals surface area contributed by atoms with Gasteiger partial charge in [0.25, 0.3) is 0 Å². The van der Waals surface area contributed by atoms with E-state index < -0.39 is 0 Å². The Morgan fingerprint density at radius 3 is 1.24 bits per heavy atom. The number of rotatable bonds is 18. The standard InChI is InChI=1S/C18H38N2O/c1-2-3-4-5-6-7-8-9-10-11-12-13-14-15-16-17-18-19-20-21/h2-18H2,1H3,(H,19,21). The maximum atomic E-state index is 9.80. The van der Waals surface area contributed by atoms with Gasteiger partial charge < -0.3 is 0 Å². The van der Waals surface area contributed by atoms with Crippen LogP contribution in [0.25, 0.3) is 0 Å². The zero-order chi connectivity index (χ0) is 15.4. The predicted octanol–water partition coefficient (Wildman–Crippen LogP) is 6.52. The minimum absolute atomic E-state index is 0.738. The van der Waals surface area contributed by atoms with Crippen LogP contribution < -0.4 is 5.43 Å². The van der Waals surface area contributed by atoms with E-state index in [2.05, 4.69) is 17.6 Å². The van der Waals surface area contributed by atoms with Gasteiger partial charge in [-0.3, -0.25) is 5.43 Å². The molecule has 0 aliphatic heterocycles. The Hall–Kier alpha value is -0.600. The molecule has 21 heavy (non-hydrogen) atoms. The van der Waals surface area contributed by atoms with Gasteiger partial charge in [-0.2, -0.15) is 0 Å². The zero-order valence-electron chi connectivity index (χ0n) is 14.4. The molecule has 0 unspecified atom stereocenters. The number of nitroso groups, excluding NO2 is 1. The van der Waals surface area contributed by atoms with Crippen LogP contribution in [0.3, 0.4) is 0 Å². The molecule has 0 aromatic heterocycles. The largest absolute Gasteiger partial charge is 0.274 e. The van der Waals surface area contributed by atoms with Crippen LogP contribution in [0, 0.1) is 4.91 Å². The van der Waals surface area contributed by atoms with Crippen molar-refractivity contribution < 1.29 is 0 Å². The van der Waals surface area contributed by atoms with Gasteiger partial charge in [0.2, 0.25) is 0 Å². The molecule has 0 aliphatic rings. The van der Waals surface area contributed by atoms with E-state index in [1.807, 2.05) is 0 Å². The summed E-state index contributed by atoms with van der Waals surface area (Å²) in [7, 11) is 0. The third kappa shape index (κ3) is 19.4. The fraction of sp³-hybridized carbons (Fsp3) is 1.00. The lowest BCUT2D eigenvalue weighted by atomic mass is 10.0. The van der Waals surface area contributed by atoms with E-state index in [0.717, 1.165) is 13.0 Å². The van der Waals surface area contributed by atoms with Crippen LogP contribution in [0.2, 0.25) is 0 Å². The fourth-order valence-corrected chi connectivity index (χ4v) is 2.80. The summed E-state index contributed by atoms with van der Waals surface area (Å²) < 4.78 is 0. The van der Waals surface area contributed by atoms with Crippen molar-refractivity contribution in [3.05, 3.63) is 4.91 Å². The number of hydrogen-bond donors (Lipinski definition) is 1. The van der Waals surface area contributed by atoms with Crippen LogP contribution >= 0.6 is 0 Å². The molecule has 0 aromatic rings. The molecule has 1 N–H and O–H groups in total. The molecule has 126 valence electrons. The SMILES string of the molecule is CCCCCCCCCCCCCCCCCCNN=O. The summed E-state index contributed by atoms with van der Waals surface area (Å²) in [6.07, 6.45) is 22.1. The Balaban J connectivity index is 2.91. The van der Waals surface area contributed by atoms with Gasteiger partial charge in [-0.25, -0.2) is 0 Å². The molecule has 0 spiro atoms. The van der Waals surface area contributed by atoms with E-state index >= 15 is 0 Å². The van der Waals surface area contributed by atoms with Crippen LogP contribution in [-0.2, 0) is 0 Å². The van der Waals surface area contributed by atoms with E-state index in [9.17, 15) is 4.91 Å². The highest BCUT2D eigenvalue weighted by Gasteiger charge is 1.94. The highest BCUT2D eigenvalue weighted by Crippen LogP contribution is 2.13. The molecular formula is C18H38N2O. The topological polar surface area (TPSA) is 41.5 Å². The van der Waals surface area contributed by atoms with Gasteiger partial charge in [0.05, 0.1) is 0 Å². The molecule has 0 saturated carbocycles. The molecule has 3 heteroatoms. The quantitative estimate of drug-likeness (QED) is 0.178. The molecule has 0 aromatic carbocycles. The first-order chi connectivity index (χ1) is 10.4. The van der Waals surface area contributed by atoms with Crippen molar-refractivity contribution in [2.45, 2.75) is 110 Å². The van der Waals surface area contributed by atoms with Crippen LogP contribution in [0.1, 0.15) is 110 Å². The van der Waals surface area contributed by atoms with E-state index in [1.165, 1.54) is 96.3 Å². The van der Waals surface area contributed by atoms with Gasteiger partial charge in [-0.05, 0) is 6.42 Å².